The first-order chi connectivity index (χ1) is 10.1. The van der Waals surface area contributed by atoms with Crippen molar-refractivity contribution in [2.24, 2.45) is 0 Å². The van der Waals surface area contributed by atoms with E-state index in [9.17, 15) is 19.0 Å². The first-order valence-corrected chi connectivity index (χ1v) is 8.68. The van der Waals surface area contributed by atoms with Gasteiger partial charge in [-0.05, 0) is 13.8 Å². The number of H-pyrrole nitrogens is 1. The van der Waals surface area contributed by atoms with E-state index >= 15 is 0 Å². The molecule has 8 nitrogen and oxygen atoms in total. The zero-order valence-electron chi connectivity index (χ0n) is 13.2. The normalized spacial score (nSPS) is 16.0. The van der Waals surface area contributed by atoms with Crippen LogP contribution < -0.4 is 11.2 Å². The lowest BCUT2D eigenvalue weighted by molar-refractivity contribution is 0.0383. The molecule has 0 radical (unpaired) electrons. The average molecular weight is 334 g/mol. The number of aromatic nitrogens is 2. The van der Waals surface area contributed by atoms with E-state index in [1.807, 2.05) is 13.8 Å². The molecule has 0 saturated carbocycles. The molecule has 126 valence electrons. The highest BCUT2D eigenvalue weighted by atomic mass is 31.2. The van der Waals surface area contributed by atoms with Crippen molar-refractivity contribution in [1.29, 1.82) is 0 Å². The second kappa shape index (κ2) is 7.87. The van der Waals surface area contributed by atoms with Gasteiger partial charge in [0, 0.05) is 12.3 Å². The quantitative estimate of drug-likeness (QED) is 0.689. The fourth-order valence-corrected chi connectivity index (χ4v) is 2.25. The van der Waals surface area contributed by atoms with E-state index < -0.39 is 30.5 Å². The molecule has 1 unspecified atom stereocenters. The molecular weight excluding hydrogens is 311 g/mol. The van der Waals surface area contributed by atoms with E-state index in [1.54, 1.807) is 13.8 Å². The van der Waals surface area contributed by atoms with Gasteiger partial charge in [0.2, 0.25) is 0 Å². The lowest BCUT2D eigenvalue weighted by atomic mass is 10.3. The second-order valence-corrected chi connectivity index (χ2v) is 7.93. The van der Waals surface area contributed by atoms with E-state index in [2.05, 4.69) is 4.98 Å². The first kappa shape index (κ1) is 18.8. The van der Waals surface area contributed by atoms with Crippen LogP contribution in [0.3, 0.4) is 0 Å². The smallest absolute Gasteiger partial charge is 0.330 e. The standard InChI is InChI=1S/C13H23N2O6P/c1-9(2)20-7-11(8-21-22(18,19)10(3)4)15-6-5-12(16)14-13(15)17/h5-6,9-11H,7-8H2,1-4H3,(H,18,19)(H,14,16,17)/t11-/m0/s1. The Kier molecular flexibility index (Phi) is 6.74. The zero-order valence-corrected chi connectivity index (χ0v) is 14.1. The Bertz CT molecular complexity index is 636. The van der Waals surface area contributed by atoms with Crippen molar-refractivity contribution in [2.75, 3.05) is 13.2 Å². The predicted molar refractivity (Wildman–Crippen MR) is 82.4 cm³/mol. The summed E-state index contributed by atoms with van der Waals surface area (Å²) in [6.07, 6.45) is 1.24. The van der Waals surface area contributed by atoms with Gasteiger partial charge in [0.25, 0.3) is 5.56 Å². The van der Waals surface area contributed by atoms with Crippen LogP contribution in [0.15, 0.2) is 21.9 Å². The highest BCUT2D eigenvalue weighted by Gasteiger charge is 2.27. The Morgan fingerprint density at radius 2 is 1.91 bits per heavy atom. The molecule has 0 fully saturated rings. The minimum Gasteiger partial charge on any atom is -0.377 e. The first-order valence-electron chi connectivity index (χ1n) is 7.03. The largest absolute Gasteiger partial charge is 0.377 e. The van der Waals surface area contributed by atoms with Crippen LogP contribution >= 0.6 is 7.60 Å². The predicted octanol–water partition coefficient (Wildman–Crippen LogP) is 1.11. The van der Waals surface area contributed by atoms with Gasteiger partial charge in [0.1, 0.15) is 0 Å². The molecule has 0 aromatic carbocycles. The van der Waals surface area contributed by atoms with Crippen molar-refractivity contribution >= 4 is 7.60 Å². The second-order valence-electron chi connectivity index (χ2n) is 5.51. The summed E-state index contributed by atoms with van der Waals surface area (Å²) in [5.41, 5.74) is -1.68. The topological polar surface area (TPSA) is 111 Å². The third kappa shape index (κ3) is 5.53. The summed E-state index contributed by atoms with van der Waals surface area (Å²) < 4.78 is 23.7. The maximum Gasteiger partial charge on any atom is 0.330 e. The highest BCUT2D eigenvalue weighted by molar-refractivity contribution is 7.53. The van der Waals surface area contributed by atoms with Crippen molar-refractivity contribution in [3.63, 3.8) is 0 Å². The van der Waals surface area contributed by atoms with E-state index in [0.29, 0.717) is 0 Å². The summed E-state index contributed by atoms with van der Waals surface area (Å²) in [6.45, 7) is 6.75. The number of aromatic amines is 1. The lowest BCUT2D eigenvalue weighted by Gasteiger charge is -2.23. The molecule has 1 aromatic rings. The number of rotatable bonds is 8. The zero-order chi connectivity index (χ0) is 16.9. The number of ether oxygens (including phenoxy) is 1. The molecule has 0 amide bonds. The maximum atomic E-state index is 11.9. The molecule has 22 heavy (non-hydrogen) atoms. The van der Waals surface area contributed by atoms with Gasteiger partial charge in [-0.2, -0.15) is 0 Å². The Hall–Kier alpha value is -1.21. The SMILES string of the molecule is CC(C)OC[C@@H](COP(=O)(O)C(C)C)n1ccc(=O)[nH]c1=O. The maximum absolute atomic E-state index is 11.9. The lowest BCUT2D eigenvalue weighted by Crippen LogP contribution is -2.35. The molecule has 0 aliphatic rings. The number of nitrogens with one attached hydrogen (secondary N) is 1. The molecule has 2 N–H and O–H groups in total. The van der Waals surface area contributed by atoms with E-state index in [0.717, 1.165) is 0 Å². The third-order valence-electron chi connectivity index (χ3n) is 2.97. The molecule has 1 rings (SSSR count). The van der Waals surface area contributed by atoms with Crippen LogP contribution in [0.1, 0.15) is 33.7 Å². The molecule has 1 aromatic heterocycles. The van der Waals surface area contributed by atoms with Crippen LogP contribution in [0.25, 0.3) is 0 Å². The molecule has 0 spiro atoms. The molecule has 0 aliphatic carbocycles. The van der Waals surface area contributed by atoms with Crippen LogP contribution in [0, 0.1) is 0 Å². The van der Waals surface area contributed by atoms with E-state index in [1.165, 1.54) is 16.8 Å². The molecular formula is C13H23N2O6P. The number of hydrogen-bond donors (Lipinski definition) is 2. The van der Waals surface area contributed by atoms with Crippen LogP contribution in [-0.4, -0.2) is 39.4 Å². The Morgan fingerprint density at radius 1 is 1.27 bits per heavy atom. The van der Waals surface area contributed by atoms with Crippen LogP contribution in [-0.2, 0) is 13.8 Å². The Labute approximate surface area is 128 Å². The molecule has 2 atom stereocenters. The van der Waals surface area contributed by atoms with Crippen molar-refractivity contribution in [3.8, 4) is 0 Å². The van der Waals surface area contributed by atoms with Gasteiger partial charge < -0.3 is 14.2 Å². The molecule has 1 heterocycles. The molecule has 0 aliphatic heterocycles. The molecule has 9 heteroatoms. The summed E-state index contributed by atoms with van der Waals surface area (Å²) in [5, 5.41) is 0. The minimum absolute atomic E-state index is 0.0769. The fraction of sp³-hybridized carbons (Fsp3) is 0.692. The average Bonchev–Trinajstić information content (AvgIpc) is 2.39. The summed E-state index contributed by atoms with van der Waals surface area (Å²) in [5.74, 6) is 0. The van der Waals surface area contributed by atoms with Gasteiger partial charge in [-0.15, -0.1) is 0 Å². The third-order valence-corrected chi connectivity index (χ3v) is 4.80. The Morgan fingerprint density at radius 3 is 2.41 bits per heavy atom. The van der Waals surface area contributed by atoms with Crippen LogP contribution in [0.5, 0.6) is 0 Å². The van der Waals surface area contributed by atoms with E-state index in [4.69, 9.17) is 9.26 Å². The van der Waals surface area contributed by atoms with Gasteiger partial charge in [-0.1, -0.05) is 13.8 Å². The van der Waals surface area contributed by atoms with Gasteiger partial charge in [-0.25, -0.2) is 4.79 Å². The van der Waals surface area contributed by atoms with E-state index in [-0.39, 0.29) is 19.3 Å². The van der Waals surface area contributed by atoms with Gasteiger partial charge in [-0.3, -0.25) is 18.9 Å². The summed E-state index contributed by atoms with van der Waals surface area (Å²) >= 11 is 0. The summed E-state index contributed by atoms with van der Waals surface area (Å²) in [7, 11) is -3.75. The highest BCUT2D eigenvalue weighted by Crippen LogP contribution is 2.47. The van der Waals surface area contributed by atoms with Crippen LogP contribution in [0.4, 0.5) is 0 Å². The summed E-state index contributed by atoms with van der Waals surface area (Å²) in [4.78, 5) is 34.8. The van der Waals surface area contributed by atoms with Crippen molar-refractivity contribution in [3.05, 3.63) is 33.1 Å². The van der Waals surface area contributed by atoms with Gasteiger partial charge in [0.15, 0.2) is 0 Å². The van der Waals surface area contributed by atoms with Gasteiger partial charge >= 0.3 is 13.3 Å². The van der Waals surface area contributed by atoms with Gasteiger partial charge in [0.05, 0.1) is 31.0 Å². The summed E-state index contributed by atoms with van der Waals surface area (Å²) in [6, 6.07) is 0.580. The van der Waals surface area contributed by atoms with Crippen molar-refractivity contribution in [2.45, 2.75) is 45.5 Å². The Balaban J connectivity index is 2.95. The fourth-order valence-electron chi connectivity index (χ4n) is 1.57. The molecule has 0 saturated heterocycles. The number of hydrogen-bond acceptors (Lipinski definition) is 5. The minimum atomic E-state index is -3.75. The van der Waals surface area contributed by atoms with Crippen molar-refractivity contribution < 1.29 is 18.7 Å². The number of nitrogens with zero attached hydrogens (tertiary/aromatic N) is 1. The van der Waals surface area contributed by atoms with Crippen LogP contribution in [0.2, 0.25) is 0 Å². The molecule has 0 bridgehead atoms. The monoisotopic (exact) mass is 334 g/mol. The van der Waals surface area contributed by atoms with Crippen molar-refractivity contribution in [1.82, 2.24) is 9.55 Å².